The van der Waals surface area contributed by atoms with E-state index >= 15 is 0 Å². The summed E-state index contributed by atoms with van der Waals surface area (Å²) >= 11 is 0. The van der Waals surface area contributed by atoms with E-state index in [9.17, 15) is 68.1 Å². The van der Waals surface area contributed by atoms with Crippen LogP contribution in [0.3, 0.4) is 0 Å². The molecule has 1 aliphatic heterocycles. The van der Waals surface area contributed by atoms with Gasteiger partial charge in [-0.15, -0.1) is 0 Å². The molecule has 0 radical (unpaired) electrons. The van der Waals surface area contributed by atoms with Crippen molar-refractivity contribution >= 4 is 77.0 Å². The molecule has 0 spiro atoms. The number of primary amides is 2. The molecule has 2 aromatic carbocycles. The summed E-state index contributed by atoms with van der Waals surface area (Å²) in [6.45, 7) is 2.57. The molecule has 444 valence electrons. The molecule has 1 aliphatic rings. The number of aliphatic imine (C=N–C) groups is 2. The van der Waals surface area contributed by atoms with Crippen molar-refractivity contribution in [1.82, 2.24) is 42.1 Å². The van der Waals surface area contributed by atoms with E-state index in [1.165, 1.54) is 67.3 Å². The van der Waals surface area contributed by atoms with Crippen LogP contribution in [-0.2, 0) is 65.6 Å². The Hall–Kier alpha value is -9.29. The van der Waals surface area contributed by atoms with Gasteiger partial charge in [0.15, 0.2) is 11.9 Å². The Kier molecular flexibility index (Phi) is 26.5. The van der Waals surface area contributed by atoms with Crippen molar-refractivity contribution in [2.45, 2.75) is 139 Å². The average molecular weight is 1140 g/mol. The maximum atomic E-state index is 14.3. The number of carbonyl (C=O) groups is 11. The molecule has 10 amide bonds. The SMILES string of the molecule is C[C@H](NC(=O)[C@H](Cc1ccc(O)cc1)NC(=O)[C@@H]1CCCN1C(=O)[C@H](C)NC(=O)[C@H](CCCN=C(N)N)NC(=O)[C@H](CC(N)=O)NC(=O)[C@H](Cc1ccc(O)cc1)NC(=O)[C@H](CCCN=C(N)N)NC(=O)[C@@H](N)CCC(N)=O)C(=O)O. The van der Waals surface area contributed by atoms with Gasteiger partial charge >= 0.3 is 5.97 Å². The number of hydrogen-bond donors (Lipinski definition) is 17. The second-order valence-corrected chi connectivity index (χ2v) is 19.2. The van der Waals surface area contributed by atoms with Crippen molar-refractivity contribution in [2.24, 2.45) is 50.1 Å². The number of rotatable bonds is 33. The van der Waals surface area contributed by atoms with E-state index in [-0.39, 0.29) is 101 Å². The number of nitrogens with one attached hydrogen (secondary N) is 7. The molecule has 31 nitrogen and oxygen atoms in total. The summed E-state index contributed by atoms with van der Waals surface area (Å²) in [6.07, 6.45) is -1.37. The number of aromatic hydroxyl groups is 2. The van der Waals surface area contributed by atoms with Gasteiger partial charge in [0.1, 0.15) is 59.8 Å². The van der Waals surface area contributed by atoms with E-state index in [1.807, 2.05) is 0 Å². The van der Waals surface area contributed by atoms with E-state index in [2.05, 4.69) is 47.2 Å². The van der Waals surface area contributed by atoms with E-state index < -0.39 is 126 Å². The highest BCUT2D eigenvalue weighted by Gasteiger charge is 2.39. The van der Waals surface area contributed by atoms with Gasteiger partial charge in [0, 0.05) is 38.9 Å². The van der Waals surface area contributed by atoms with Crippen LogP contribution in [-0.4, -0.2) is 171 Å². The normalized spacial score (nSPS) is 15.7. The van der Waals surface area contributed by atoms with Crippen LogP contribution in [0.4, 0.5) is 0 Å². The minimum Gasteiger partial charge on any atom is -0.508 e. The lowest BCUT2D eigenvalue weighted by atomic mass is 10.0. The lowest BCUT2D eigenvalue weighted by Gasteiger charge is -2.30. The van der Waals surface area contributed by atoms with E-state index in [0.717, 1.165) is 0 Å². The van der Waals surface area contributed by atoms with Crippen molar-refractivity contribution < 1.29 is 68.1 Å². The zero-order valence-corrected chi connectivity index (χ0v) is 44.9. The van der Waals surface area contributed by atoms with E-state index in [1.54, 1.807) is 0 Å². The molecule has 24 N–H and O–H groups in total. The Balaban J connectivity index is 1.89. The van der Waals surface area contributed by atoms with Crippen molar-refractivity contribution in [3.63, 3.8) is 0 Å². The number of phenolic OH excluding ortho intramolecular Hbond substituents is 2. The third-order valence-electron chi connectivity index (χ3n) is 12.5. The number of aliphatic carboxylic acids is 1. The topological polar surface area (TPSA) is 543 Å². The number of nitrogens with zero attached hydrogens (tertiary/aromatic N) is 3. The summed E-state index contributed by atoms with van der Waals surface area (Å²) in [5.41, 5.74) is 39.4. The fourth-order valence-corrected chi connectivity index (χ4v) is 8.20. The second-order valence-electron chi connectivity index (χ2n) is 19.2. The van der Waals surface area contributed by atoms with Gasteiger partial charge in [-0.25, -0.2) is 0 Å². The average Bonchev–Trinajstić information content (AvgIpc) is 3.97. The van der Waals surface area contributed by atoms with Gasteiger partial charge in [0.2, 0.25) is 59.1 Å². The molecule has 1 heterocycles. The molecule has 1 saturated heterocycles. The fourth-order valence-electron chi connectivity index (χ4n) is 8.20. The molecule has 81 heavy (non-hydrogen) atoms. The van der Waals surface area contributed by atoms with Crippen LogP contribution in [0.5, 0.6) is 11.5 Å². The van der Waals surface area contributed by atoms with Crippen LogP contribution >= 0.6 is 0 Å². The zero-order chi connectivity index (χ0) is 60.5. The fraction of sp³-hybridized carbons (Fsp3) is 0.500. The molecule has 0 bridgehead atoms. The largest absolute Gasteiger partial charge is 0.508 e. The third-order valence-corrected chi connectivity index (χ3v) is 12.5. The number of benzene rings is 2. The van der Waals surface area contributed by atoms with Crippen LogP contribution in [0.2, 0.25) is 0 Å². The number of likely N-dealkylation sites (tertiary alicyclic amines) is 1. The summed E-state index contributed by atoms with van der Waals surface area (Å²) in [7, 11) is 0. The molecule has 2 aromatic rings. The lowest BCUT2D eigenvalue weighted by Crippen LogP contribution is -2.60. The molecule has 1 fully saturated rings. The van der Waals surface area contributed by atoms with Crippen molar-refractivity contribution in [2.75, 3.05) is 19.6 Å². The van der Waals surface area contributed by atoms with Crippen LogP contribution in [0.15, 0.2) is 58.5 Å². The lowest BCUT2D eigenvalue weighted by molar-refractivity contribution is -0.143. The van der Waals surface area contributed by atoms with Gasteiger partial charge in [-0.1, -0.05) is 24.3 Å². The molecule has 0 aliphatic carbocycles. The van der Waals surface area contributed by atoms with Crippen LogP contribution in [0.25, 0.3) is 0 Å². The Bertz CT molecular complexity index is 2610. The van der Waals surface area contributed by atoms with Gasteiger partial charge in [0.05, 0.1) is 12.5 Å². The highest BCUT2D eigenvalue weighted by Crippen LogP contribution is 2.20. The quantitative estimate of drug-likeness (QED) is 0.0180. The minimum absolute atomic E-state index is 0.0178. The number of nitrogens with two attached hydrogens (primary N) is 7. The standard InChI is InChI=1S/C50H75N17O14/c1-25(47(79)67-21-5-8-37(67)46(78)66-34(43(75)61-26(2)48(80)81)22-27-9-13-29(68)14-10-27)60-41(73)32(6-3-19-58-49(54)55)63-45(77)36(24-39(53)71)65-44(76)35(23-28-11-15-30(69)16-12-28)64-42(74)33(7-4-20-59-50(56)57)62-40(72)31(51)17-18-38(52)70/h9-16,25-26,31-37,68-69H,3-8,17-24,51H2,1-2H3,(H2,52,70)(H2,53,71)(H,60,73)(H,61,75)(H,62,72)(H,63,77)(H,64,74)(H,65,76)(H,66,78)(H,80,81)(H4,54,55,58)(H4,56,57,59)/t25-,26-,31-,32-,33-,34-,35-,36-,37-/m0/s1. The highest BCUT2D eigenvalue weighted by atomic mass is 16.4. The Morgan fingerprint density at radius 2 is 0.975 bits per heavy atom. The number of carbonyl (C=O) groups excluding carboxylic acids is 10. The highest BCUT2D eigenvalue weighted by molar-refractivity contribution is 5.99. The van der Waals surface area contributed by atoms with Crippen LogP contribution < -0.4 is 77.4 Å². The number of carboxylic acids is 1. The predicted molar refractivity (Wildman–Crippen MR) is 291 cm³/mol. The first-order chi connectivity index (χ1) is 38.1. The van der Waals surface area contributed by atoms with Crippen LogP contribution in [0.1, 0.15) is 82.8 Å². The molecule has 0 saturated carbocycles. The number of hydrogen-bond acceptors (Lipinski definition) is 16. The summed E-state index contributed by atoms with van der Waals surface area (Å²) in [5, 5.41) is 46.5. The Morgan fingerprint density at radius 1 is 0.556 bits per heavy atom. The van der Waals surface area contributed by atoms with Gasteiger partial charge in [-0.05, 0) is 94.2 Å². The first-order valence-electron chi connectivity index (χ1n) is 25.8. The first-order valence-corrected chi connectivity index (χ1v) is 25.8. The van der Waals surface area contributed by atoms with Gasteiger partial charge < -0.3 is 97.6 Å². The number of phenols is 2. The van der Waals surface area contributed by atoms with Gasteiger partial charge in [0.25, 0.3) is 0 Å². The number of guanidine groups is 2. The molecule has 31 heteroatoms. The summed E-state index contributed by atoms with van der Waals surface area (Å²) in [4.78, 5) is 155. The van der Waals surface area contributed by atoms with Gasteiger partial charge in [-0.3, -0.25) is 62.7 Å². The van der Waals surface area contributed by atoms with E-state index in [0.29, 0.717) is 17.5 Å². The zero-order valence-electron chi connectivity index (χ0n) is 44.9. The molecule has 0 unspecified atom stereocenters. The Morgan fingerprint density at radius 3 is 1.46 bits per heavy atom. The maximum absolute atomic E-state index is 14.3. The number of amides is 10. The van der Waals surface area contributed by atoms with Gasteiger partial charge in [-0.2, -0.15) is 0 Å². The van der Waals surface area contributed by atoms with Crippen molar-refractivity contribution in [3.8, 4) is 11.5 Å². The third kappa shape index (κ3) is 23.3. The second kappa shape index (κ2) is 32.6. The van der Waals surface area contributed by atoms with E-state index in [4.69, 9.17) is 40.1 Å². The predicted octanol–water partition coefficient (Wildman–Crippen LogP) is -6.03. The monoisotopic (exact) mass is 1140 g/mol. The van der Waals surface area contributed by atoms with Crippen molar-refractivity contribution in [1.29, 1.82) is 0 Å². The molecule has 3 rings (SSSR count). The van der Waals surface area contributed by atoms with Crippen molar-refractivity contribution in [3.05, 3.63) is 59.7 Å². The molecular weight excluding hydrogens is 1060 g/mol. The number of carboxylic acid groups (broad SMARTS) is 1. The van der Waals surface area contributed by atoms with Crippen LogP contribution in [0, 0.1) is 0 Å². The smallest absolute Gasteiger partial charge is 0.325 e. The summed E-state index contributed by atoms with van der Waals surface area (Å²) in [5.74, 6) is -11.2. The maximum Gasteiger partial charge on any atom is 0.325 e. The Labute approximate surface area is 465 Å². The molecule has 0 aromatic heterocycles. The molecule has 9 atom stereocenters. The first kappa shape index (κ1) is 66.0. The summed E-state index contributed by atoms with van der Waals surface area (Å²) < 4.78 is 0. The minimum atomic E-state index is -1.82. The summed E-state index contributed by atoms with van der Waals surface area (Å²) in [6, 6.07) is -1.59. The molecular formula is C50H75N17O14.